The van der Waals surface area contributed by atoms with Crippen LogP contribution >= 0.6 is 0 Å². The summed E-state index contributed by atoms with van der Waals surface area (Å²) in [6.07, 6.45) is 3.24. The van der Waals surface area contributed by atoms with Crippen LogP contribution in [0.2, 0.25) is 0 Å². The minimum absolute atomic E-state index is 0.135. The number of rotatable bonds is 8. The molecule has 0 bridgehead atoms. The predicted molar refractivity (Wildman–Crippen MR) is 139 cm³/mol. The van der Waals surface area contributed by atoms with Crippen molar-refractivity contribution in [2.24, 2.45) is 0 Å². The van der Waals surface area contributed by atoms with Crippen LogP contribution in [0.4, 0.5) is 11.4 Å². The van der Waals surface area contributed by atoms with E-state index in [-0.39, 0.29) is 18.4 Å². The topological polar surface area (TPSA) is 113 Å². The first kappa shape index (κ1) is 25.5. The molecule has 1 saturated heterocycles. The molecule has 3 amide bonds. The van der Waals surface area contributed by atoms with Crippen LogP contribution in [0.5, 0.6) is 11.5 Å². The van der Waals surface area contributed by atoms with Crippen LogP contribution in [-0.4, -0.2) is 74.5 Å². The maximum Gasteiger partial charge on any atom is 0.257 e. The van der Waals surface area contributed by atoms with E-state index in [1.165, 1.54) is 14.2 Å². The van der Waals surface area contributed by atoms with E-state index in [1.807, 2.05) is 18.2 Å². The van der Waals surface area contributed by atoms with Crippen LogP contribution in [0.25, 0.3) is 0 Å². The van der Waals surface area contributed by atoms with Gasteiger partial charge in [0.1, 0.15) is 0 Å². The lowest BCUT2D eigenvalue weighted by atomic mass is 10.1. The summed E-state index contributed by atoms with van der Waals surface area (Å²) in [5.41, 5.74) is 2.32. The Morgan fingerprint density at radius 1 is 0.838 bits per heavy atom. The minimum atomic E-state index is -0.420. The normalized spacial score (nSPS) is 13.0. The smallest absolute Gasteiger partial charge is 0.257 e. The number of benzene rings is 2. The summed E-state index contributed by atoms with van der Waals surface area (Å²) in [5.74, 6) is -0.0611. The molecule has 0 spiro atoms. The Labute approximate surface area is 215 Å². The predicted octanol–water partition coefficient (Wildman–Crippen LogP) is 2.43. The Balaban J connectivity index is 1.34. The van der Waals surface area contributed by atoms with Crippen molar-refractivity contribution >= 4 is 29.1 Å². The van der Waals surface area contributed by atoms with E-state index >= 15 is 0 Å². The van der Waals surface area contributed by atoms with Crippen LogP contribution in [-0.2, 0) is 4.79 Å². The van der Waals surface area contributed by atoms with Crippen LogP contribution in [0.3, 0.4) is 0 Å². The lowest BCUT2D eigenvalue weighted by Gasteiger charge is -2.37. The van der Waals surface area contributed by atoms with Gasteiger partial charge < -0.3 is 29.9 Å². The molecule has 37 heavy (non-hydrogen) atoms. The molecule has 192 valence electrons. The van der Waals surface area contributed by atoms with Gasteiger partial charge in [-0.1, -0.05) is 18.2 Å². The van der Waals surface area contributed by atoms with Gasteiger partial charge in [0.2, 0.25) is 5.91 Å². The van der Waals surface area contributed by atoms with Crippen molar-refractivity contribution in [1.29, 1.82) is 0 Å². The number of aromatic nitrogens is 1. The Morgan fingerprint density at radius 3 is 2.24 bits per heavy atom. The van der Waals surface area contributed by atoms with Crippen molar-refractivity contribution in [2.75, 3.05) is 57.2 Å². The van der Waals surface area contributed by atoms with Crippen LogP contribution in [0.15, 0.2) is 67.0 Å². The quantitative estimate of drug-likeness (QED) is 0.485. The first-order valence-electron chi connectivity index (χ1n) is 11.8. The first-order chi connectivity index (χ1) is 18.0. The molecule has 0 radical (unpaired) electrons. The fraction of sp³-hybridized carbons (Fsp3) is 0.259. The van der Waals surface area contributed by atoms with Crippen molar-refractivity contribution < 1.29 is 23.9 Å². The zero-order valence-electron chi connectivity index (χ0n) is 20.8. The van der Waals surface area contributed by atoms with Crippen LogP contribution in [0.1, 0.15) is 20.7 Å². The van der Waals surface area contributed by atoms with Gasteiger partial charge in [0.05, 0.1) is 31.9 Å². The monoisotopic (exact) mass is 503 g/mol. The Bertz CT molecular complexity index is 1260. The van der Waals surface area contributed by atoms with Crippen molar-refractivity contribution in [3.63, 3.8) is 0 Å². The van der Waals surface area contributed by atoms with Crippen LogP contribution < -0.4 is 25.0 Å². The van der Waals surface area contributed by atoms with Gasteiger partial charge in [0, 0.05) is 49.9 Å². The van der Waals surface area contributed by atoms with Gasteiger partial charge in [-0.05, 0) is 36.4 Å². The van der Waals surface area contributed by atoms with E-state index in [9.17, 15) is 14.4 Å². The highest BCUT2D eigenvalue weighted by molar-refractivity contribution is 6.08. The molecule has 3 aromatic rings. The average molecular weight is 504 g/mol. The molecule has 2 heterocycles. The summed E-state index contributed by atoms with van der Waals surface area (Å²) in [6.45, 7) is 1.92. The minimum Gasteiger partial charge on any atom is -0.493 e. The number of para-hydroxylation sites is 2. The Kier molecular flexibility index (Phi) is 8.19. The van der Waals surface area contributed by atoms with Gasteiger partial charge in [-0.15, -0.1) is 0 Å². The zero-order chi connectivity index (χ0) is 26.2. The number of anilines is 2. The van der Waals surface area contributed by atoms with E-state index in [1.54, 1.807) is 53.7 Å². The van der Waals surface area contributed by atoms with Crippen molar-refractivity contribution in [2.45, 2.75) is 0 Å². The van der Waals surface area contributed by atoms with Gasteiger partial charge in [-0.2, -0.15) is 0 Å². The lowest BCUT2D eigenvalue weighted by molar-refractivity contribution is -0.130. The molecule has 2 aromatic carbocycles. The Morgan fingerprint density at radius 2 is 1.54 bits per heavy atom. The molecule has 1 aromatic heterocycles. The number of ether oxygens (including phenoxy) is 2. The highest BCUT2D eigenvalue weighted by Crippen LogP contribution is 2.30. The molecule has 10 nitrogen and oxygen atoms in total. The number of pyridine rings is 1. The molecule has 0 unspecified atom stereocenters. The summed E-state index contributed by atoms with van der Waals surface area (Å²) in [4.78, 5) is 46.2. The fourth-order valence-corrected chi connectivity index (χ4v) is 4.20. The summed E-state index contributed by atoms with van der Waals surface area (Å²) in [7, 11) is 2.95. The average Bonchev–Trinajstić information content (AvgIpc) is 2.95. The number of hydrogen-bond donors (Lipinski definition) is 2. The fourth-order valence-electron chi connectivity index (χ4n) is 4.20. The zero-order valence-corrected chi connectivity index (χ0v) is 20.8. The van der Waals surface area contributed by atoms with Crippen molar-refractivity contribution in [1.82, 2.24) is 15.2 Å². The first-order valence-corrected chi connectivity index (χ1v) is 11.8. The maximum atomic E-state index is 12.9. The van der Waals surface area contributed by atoms with E-state index in [0.29, 0.717) is 54.5 Å². The maximum absolute atomic E-state index is 12.9. The SMILES string of the molecule is COc1cccc(C(=O)NCC(=O)N2CCN(c3ccccc3C(=O)Nc3ccncc3)CC2)c1OC. The van der Waals surface area contributed by atoms with E-state index in [4.69, 9.17) is 9.47 Å². The number of hydrogen-bond acceptors (Lipinski definition) is 7. The third-order valence-electron chi connectivity index (χ3n) is 6.11. The summed E-state index contributed by atoms with van der Waals surface area (Å²) < 4.78 is 10.5. The molecule has 1 aliphatic heterocycles. The molecule has 2 N–H and O–H groups in total. The number of piperazine rings is 1. The summed E-state index contributed by atoms with van der Waals surface area (Å²) in [5, 5.41) is 5.57. The van der Waals surface area contributed by atoms with E-state index in [0.717, 1.165) is 5.69 Å². The number of amides is 3. The number of nitrogens with one attached hydrogen (secondary N) is 2. The molecule has 0 aliphatic carbocycles. The van der Waals surface area contributed by atoms with Gasteiger partial charge >= 0.3 is 0 Å². The van der Waals surface area contributed by atoms with Crippen molar-refractivity contribution in [3.8, 4) is 11.5 Å². The molecule has 10 heteroatoms. The van der Waals surface area contributed by atoms with Crippen molar-refractivity contribution in [3.05, 3.63) is 78.1 Å². The van der Waals surface area contributed by atoms with E-state index in [2.05, 4.69) is 20.5 Å². The molecule has 1 aliphatic rings. The van der Waals surface area contributed by atoms with Crippen LogP contribution in [0, 0.1) is 0 Å². The van der Waals surface area contributed by atoms with Gasteiger partial charge in [0.15, 0.2) is 11.5 Å². The number of carbonyl (C=O) groups excluding carboxylic acids is 3. The highest BCUT2D eigenvalue weighted by atomic mass is 16.5. The second kappa shape index (κ2) is 11.9. The third kappa shape index (κ3) is 5.97. The van der Waals surface area contributed by atoms with Gasteiger partial charge in [-0.25, -0.2) is 0 Å². The molecule has 0 atom stereocenters. The molecule has 4 rings (SSSR count). The standard InChI is InChI=1S/C27H29N5O5/c1-36-23-9-5-7-21(25(23)37-2)26(34)29-18-24(33)32-16-14-31(15-17-32)22-8-4-3-6-20(22)27(35)30-19-10-12-28-13-11-19/h3-13H,14-18H2,1-2H3,(H,29,34)(H,28,30,35). The highest BCUT2D eigenvalue weighted by Gasteiger charge is 2.25. The number of nitrogens with zero attached hydrogens (tertiary/aromatic N) is 3. The summed E-state index contributed by atoms with van der Waals surface area (Å²) >= 11 is 0. The second-order valence-electron chi connectivity index (χ2n) is 8.30. The number of carbonyl (C=O) groups is 3. The largest absolute Gasteiger partial charge is 0.493 e. The lowest BCUT2D eigenvalue weighted by Crippen LogP contribution is -2.51. The molecule has 1 fully saturated rings. The molecule has 0 saturated carbocycles. The number of methoxy groups -OCH3 is 2. The summed E-state index contributed by atoms with van der Waals surface area (Å²) in [6, 6.07) is 15.9. The third-order valence-corrected chi connectivity index (χ3v) is 6.11. The second-order valence-corrected chi connectivity index (χ2v) is 8.30. The molecular formula is C27H29N5O5. The van der Waals surface area contributed by atoms with Gasteiger partial charge in [-0.3, -0.25) is 19.4 Å². The van der Waals surface area contributed by atoms with E-state index < -0.39 is 5.91 Å². The Hall–Kier alpha value is -4.60. The van der Waals surface area contributed by atoms with Gasteiger partial charge in [0.25, 0.3) is 11.8 Å². The molecular weight excluding hydrogens is 474 g/mol.